The van der Waals surface area contributed by atoms with Crippen LogP contribution in [0.5, 0.6) is 0 Å². The van der Waals surface area contributed by atoms with Gasteiger partial charge >= 0.3 is 0 Å². The van der Waals surface area contributed by atoms with Gasteiger partial charge < -0.3 is 0 Å². The van der Waals surface area contributed by atoms with Crippen molar-refractivity contribution in [2.24, 2.45) is 0 Å². The van der Waals surface area contributed by atoms with E-state index < -0.39 is 0 Å². The Labute approximate surface area is 127 Å². The number of nitrogens with zero attached hydrogens (tertiary/aromatic N) is 1. The van der Waals surface area contributed by atoms with Crippen molar-refractivity contribution in [1.82, 2.24) is 4.90 Å². The Morgan fingerprint density at radius 1 is 0.952 bits per heavy atom. The molecule has 0 atom stereocenters. The standard InChI is InChI=1S/C18H24N2O/c1-2-3-4-5-6-7-8-12-15-18(21)20(16-19)17-13-10-9-11-14-17/h2-8,12,15-17,19H,1,9-11,13-14H2/b4-3+,6-5-,8-7+,15-12+,19-16?. The van der Waals surface area contributed by atoms with E-state index in [9.17, 15) is 4.79 Å². The Hall–Kier alpha value is -2.16. The van der Waals surface area contributed by atoms with E-state index in [-0.39, 0.29) is 11.9 Å². The van der Waals surface area contributed by atoms with Crippen LogP contribution >= 0.6 is 0 Å². The van der Waals surface area contributed by atoms with Crippen LogP contribution in [0.2, 0.25) is 0 Å². The third-order valence-electron chi connectivity index (χ3n) is 3.40. The van der Waals surface area contributed by atoms with Gasteiger partial charge in [0.15, 0.2) is 0 Å². The Kier molecular flexibility index (Phi) is 8.53. The molecular formula is C18H24N2O. The number of nitrogens with one attached hydrogen (secondary N) is 1. The van der Waals surface area contributed by atoms with Gasteiger partial charge in [-0.3, -0.25) is 15.1 Å². The summed E-state index contributed by atoms with van der Waals surface area (Å²) in [7, 11) is 0. The molecule has 0 saturated heterocycles. The number of carbonyl (C=O) groups is 1. The molecule has 112 valence electrons. The molecule has 1 aliphatic rings. The van der Waals surface area contributed by atoms with Gasteiger partial charge in [-0.05, 0) is 12.8 Å². The fraction of sp³-hybridized carbons (Fsp3) is 0.333. The summed E-state index contributed by atoms with van der Waals surface area (Å²) in [5, 5.41) is 7.44. The maximum Gasteiger partial charge on any atom is 0.251 e. The van der Waals surface area contributed by atoms with E-state index in [0.717, 1.165) is 32.0 Å². The van der Waals surface area contributed by atoms with Crippen molar-refractivity contribution in [1.29, 1.82) is 5.41 Å². The van der Waals surface area contributed by atoms with Gasteiger partial charge in [0, 0.05) is 12.1 Å². The quantitative estimate of drug-likeness (QED) is 0.324. The van der Waals surface area contributed by atoms with Crippen LogP contribution in [0.25, 0.3) is 0 Å². The van der Waals surface area contributed by atoms with E-state index in [4.69, 9.17) is 5.41 Å². The third kappa shape index (κ3) is 6.70. The first-order valence-corrected chi connectivity index (χ1v) is 7.41. The Morgan fingerprint density at radius 2 is 1.52 bits per heavy atom. The van der Waals surface area contributed by atoms with Gasteiger partial charge in [-0.15, -0.1) is 0 Å². The molecule has 21 heavy (non-hydrogen) atoms. The molecule has 0 bridgehead atoms. The van der Waals surface area contributed by atoms with E-state index in [2.05, 4.69) is 6.58 Å². The maximum atomic E-state index is 12.1. The Bertz CT molecular complexity index is 452. The second-order valence-electron chi connectivity index (χ2n) is 4.92. The van der Waals surface area contributed by atoms with Crippen molar-refractivity contribution < 1.29 is 4.79 Å². The highest BCUT2D eigenvalue weighted by molar-refractivity contribution is 5.95. The minimum atomic E-state index is -0.114. The van der Waals surface area contributed by atoms with Crippen molar-refractivity contribution >= 4 is 12.2 Å². The lowest BCUT2D eigenvalue weighted by molar-refractivity contribution is -0.124. The molecule has 3 heteroatoms. The molecule has 0 aromatic rings. The maximum absolute atomic E-state index is 12.1. The first kappa shape index (κ1) is 16.9. The first-order chi connectivity index (χ1) is 10.3. The summed E-state index contributed by atoms with van der Waals surface area (Å²) in [6.07, 6.45) is 22.8. The summed E-state index contributed by atoms with van der Waals surface area (Å²) >= 11 is 0. The summed E-state index contributed by atoms with van der Waals surface area (Å²) < 4.78 is 0. The monoisotopic (exact) mass is 284 g/mol. The molecule has 0 spiro atoms. The van der Waals surface area contributed by atoms with Gasteiger partial charge in [-0.25, -0.2) is 0 Å². The van der Waals surface area contributed by atoms with Crippen LogP contribution in [0.1, 0.15) is 32.1 Å². The summed E-state index contributed by atoms with van der Waals surface area (Å²) in [6, 6.07) is 0.196. The van der Waals surface area contributed by atoms with Crippen LogP contribution in [0.4, 0.5) is 0 Å². The van der Waals surface area contributed by atoms with Crippen molar-refractivity contribution in [3.63, 3.8) is 0 Å². The second kappa shape index (κ2) is 10.6. The smallest absolute Gasteiger partial charge is 0.251 e. The summed E-state index contributed by atoms with van der Waals surface area (Å²) in [4.78, 5) is 13.6. The highest BCUT2D eigenvalue weighted by Crippen LogP contribution is 2.21. The number of hydrogen-bond donors (Lipinski definition) is 1. The first-order valence-electron chi connectivity index (χ1n) is 7.41. The number of allylic oxidation sites excluding steroid dienone is 8. The summed E-state index contributed by atoms with van der Waals surface area (Å²) in [5.74, 6) is -0.114. The normalized spacial score (nSPS) is 17.1. The number of carbonyl (C=O) groups excluding carboxylic acids is 1. The molecule has 0 aromatic heterocycles. The molecule has 3 nitrogen and oxygen atoms in total. The SMILES string of the molecule is C=C/C=C/C=C\C=C\C=C\C(=O)N(C=N)C1CCCCC1. The minimum Gasteiger partial charge on any atom is -0.297 e. The van der Waals surface area contributed by atoms with Gasteiger partial charge in [-0.1, -0.05) is 74.4 Å². The molecule has 0 radical (unpaired) electrons. The van der Waals surface area contributed by atoms with Gasteiger partial charge in [0.1, 0.15) is 0 Å². The van der Waals surface area contributed by atoms with Crippen molar-refractivity contribution in [2.75, 3.05) is 0 Å². The zero-order valence-corrected chi connectivity index (χ0v) is 12.4. The molecule has 1 saturated carbocycles. The van der Waals surface area contributed by atoms with Crippen LogP contribution in [-0.2, 0) is 4.79 Å². The molecular weight excluding hydrogens is 260 g/mol. The average Bonchev–Trinajstić information content (AvgIpc) is 2.52. The molecule has 1 N–H and O–H groups in total. The Morgan fingerprint density at radius 3 is 2.10 bits per heavy atom. The molecule has 1 amide bonds. The summed E-state index contributed by atoms with van der Waals surface area (Å²) in [6.45, 7) is 3.58. The lowest BCUT2D eigenvalue weighted by Gasteiger charge is -2.30. The van der Waals surface area contributed by atoms with Crippen LogP contribution in [0.3, 0.4) is 0 Å². The molecule has 0 unspecified atom stereocenters. The van der Waals surface area contributed by atoms with Crippen LogP contribution < -0.4 is 0 Å². The van der Waals surface area contributed by atoms with Crippen LogP contribution in [0.15, 0.2) is 61.3 Å². The van der Waals surface area contributed by atoms with Crippen molar-refractivity contribution in [2.45, 2.75) is 38.1 Å². The van der Waals surface area contributed by atoms with E-state index in [1.54, 1.807) is 23.1 Å². The molecule has 1 fully saturated rings. The lowest BCUT2D eigenvalue weighted by atomic mass is 9.94. The molecule has 0 heterocycles. The van der Waals surface area contributed by atoms with Gasteiger partial charge in [0.25, 0.3) is 5.91 Å². The largest absolute Gasteiger partial charge is 0.297 e. The number of rotatable bonds is 7. The summed E-state index contributed by atoms with van der Waals surface area (Å²) in [5.41, 5.74) is 0. The molecule has 1 aliphatic carbocycles. The van der Waals surface area contributed by atoms with Crippen LogP contribution in [-0.4, -0.2) is 23.2 Å². The zero-order chi connectivity index (χ0) is 15.3. The third-order valence-corrected chi connectivity index (χ3v) is 3.40. The average molecular weight is 284 g/mol. The van der Waals surface area contributed by atoms with Crippen LogP contribution in [0, 0.1) is 5.41 Å². The lowest BCUT2D eigenvalue weighted by Crippen LogP contribution is -2.39. The predicted molar refractivity (Wildman–Crippen MR) is 89.3 cm³/mol. The molecule has 0 aliphatic heterocycles. The fourth-order valence-corrected chi connectivity index (χ4v) is 2.33. The fourth-order valence-electron chi connectivity index (χ4n) is 2.33. The van der Waals surface area contributed by atoms with E-state index in [0.29, 0.717) is 0 Å². The van der Waals surface area contributed by atoms with Crippen molar-refractivity contribution in [3.05, 3.63) is 61.3 Å². The highest BCUT2D eigenvalue weighted by atomic mass is 16.2. The topological polar surface area (TPSA) is 44.2 Å². The second-order valence-corrected chi connectivity index (χ2v) is 4.92. The number of hydrogen-bond acceptors (Lipinski definition) is 2. The Balaban J connectivity index is 2.45. The van der Waals surface area contributed by atoms with E-state index >= 15 is 0 Å². The zero-order valence-electron chi connectivity index (χ0n) is 12.4. The van der Waals surface area contributed by atoms with Gasteiger partial charge in [-0.2, -0.15) is 0 Å². The molecule has 0 aromatic carbocycles. The van der Waals surface area contributed by atoms with Gasteiger partial charge in [0.2, 0.25) is 0 Å². The van der Waals surface area contributed by atoms with Crippen molar-refractivity contribution in [3.8, 4) is 0 Å². The predicted octanol–water partition coefficient (Wildman–Crippen LogP) is 4.17. The number of amides is 1. The van der Waals surface area contributed by atoms with E-state index in [1.165, 1.54) is 12.5 Å². The van der Waals surface area contributed by atoms with E-state index in [1.807, 2.05) is 30.4 Å². The minimum absolute atomic E-state index is 0.114. The van der Waals surface area contributed by atoms with Gasteiger partial charge in [0.05, 0.1) is 6.34 Å². The molecule has 1 rings (SSSR count). The highest BCUT2D eigenvalue weighted by Gasteiger charge is 2.22.